The molecule has 1 amide bonds. The smallest absolute Gasteiger partial charge is 0.335 e. The van der Waals surface area contributed by atoms with Crippen LogP contribution in [0.25, 0.3) is 0 Å². The number of nitrogens with zero attached hydrogens (tertiary/aromatic N) is 3. The molecule has 6 heteroatoms. The standard InChI is InChI=1S/C15H15N3O3/c19-14(4-6-17-8-5-16-10-17)18-7-3-11-1-2-12(15(20)21)9-13(11)18/h1-2,5,8-10H,3-4,6-7H2,(H,20,21). The van der Waals surface area contributed by atoms with Crippen molar-refractivity contribution < 1.29 is 14.7 Å². The van der Waals surface area contributed by atoms with Gasteiger partial charge in [-0.1, -0.05) is 6.07 Å². The maximum Gasteiger partial charge on any atom is 0.335 e. The van der Waals surface area contributed by atoms with Gasteiger partial charge in [-0.15, -0.1) is 0 Å². The predicted molar refractivity (Wildman–Crippen MR) is 76.3 cm³/mol. The minimum atomic E-state index is -0.976. The van der Waals surface area contributed by atoms with Gasteiger partial charge in [-0.25, -0.2) is 9.78 Å². The number of aryl methyl sites for hydroxylation is 1. The lowest BCUT2D eigenvalue weighted by molar-refractivity contribution is -0.118. The Morgan fingerprint density at radius 1 is 1.33 bits per heavy atom. The SMILES string of the molecule is O=C(O)c1ccc2c(c1)N(C(=O)CCn1ccnc1)CC2. The number of hydrogen-bond donors (Lipinski definition) is 1. The second-order valence-electron chi connectivity index (χ2n) is 4.99. The molecule has 1 aliphatic heterocycles. The number of anilines is 1. The average Bonchev–Trinajstić information content (AvgIpc) is 3.13. The number of fused-ring (bicyclic) bond motifs is 1. The Labute approximate surface area is 121 Å². The van der Waals surface area contributed by atoms with Crippen LogP contribution in [0.5, 0.6) is 0 Å². The first-order valence-electron chi connectivity index (χ1n) is 6.77. The monoisotopic (exact) mass is 285 g/mol. The average molecular weight is 285 g/mol. The zero-order valence-corrected chi connectivity index (χ0v) is 11.4. The number of benzene rings is 1. The highest BCUT2D eigenvalue weighted by Crippen LogP contribution is 2.29. The summed E-state index contributed by atoms with van der Waals surface area (Å²) < 4.78 is 1.85. The fourth-order valence-electron chi connectivity index (χ4n) is 2.55. The second-order valence-corrected chi connectivity index (χ2v) is 4.99. The molecule has 0 atom stereocenters. The molecular weight excluding hydrogens is 270 g/mol. The van der Waals surface area contributed by atoms with Gasteiger partial charge in [0.05, 0.1) is 11.9 Å². The second kappa shape index (κ2) is 5.40. The van der Waals surface area contributed by atoms with Crippen molar-refractivity contribution in [2.45, 2.75) is 19.4 Å². The van der Waals surface area contributed by atoms with Gasteiger partial charge in [0.15, 0.2) is 0 Å². The van der Waals surface area contributed by atoms with Gasteiger partial charge >= 0.3 is 5.97 Å². The Morgan fingerprint density at radius 3 is 2.90 bits per heavy atom. The molecule has 0 unspecified atom stereocenters. The van der Waals surface area contributed by atoms with Gasteiger partial charge in [-0.2, -0.15) is 0 Å². The first kappa shape index (κ1) is 13.4. The maximum atomic E-state index is 12.3. The summed E-state index contributed by atoms with van der Waals surface area (Å²) in [7, 11) is 0. The molecule has 2 heterocycles. The van der Waals surface area contributed by atoms with Crippen molar-refractivity contribution in [3.8, 4) is 0 Å². The number of aromatic nitrogens is 2. The highest BCUT2D eigenvalue weighted by molar-refractivity contribution is 5.97. The van der Waals surface area contributed by atoms with E-state index in [0.29, 0.717) is 19.5 Å². The van der Waals surface area contributed by atoms with Crippen LogP contribution in [-0.2, 0) is 17.8 Å². The third-order valence-corrected chi connectivity index (χ3v) is 3.67. The van der Waals surface area contributed by atoms with Crippen molar-refractivity contribution in [3.63, 3.8) is 0 Å². The van der Waals surface area contributed by atoms with Crippen LogP contribution in [0.4, 0.5) is 5.69 Å². The lowest BCUT2D eigenvalue weighted by Crippen LogP contribution is -2.29. The van der Waals surface area contributed by atoms with Crippen LogP contribution in [0.3, 0.4) is 0 Å². The highest BCUT2D eigenvalue weighted by atomic mass is 16.4. The first-order chi connectivity index (χ1) is 10.1. The van der Waals surface area contributed by atoms with Crippen LogP contribution in [0, 0.1) is 0 Å². The molecule has 108 valence electrons. The van der Waals surface area contributed by atoms with Crippen LogP contribution >= 0.6 is 0 Å². The van der Waals surface area contributed by atoms with E-state index in [2.05, 4.69) is 4.98 Å². The molecular formula is C15H15N3O3. The third-order valence-electron chi connectivity index (χ3n) is 3.67. The molecule has 0 radical (unpaired) electrons. The van der Waals surface area contributed by atoms with Crippen LogP contribution in [-0.4, -0.2) is 33.1 Å². The molecule has 1 aromatic carbocycles. The molecule has 2 aromatic rings. The molecule has 1 N–H and O–H groups in total. The largest absolute Gasteiger partial charge is 0.478 e. The van der Waals surface area contributed by atoms with Crippen LogP contribution in [0.1, 0.15) is 22.3 Å². The van der Waals surface area contributed by atoms with Crippen LogP contribution < -0.4 is 4.90 Å². The zero-order valence-electron chi connectivity index (χ0n) is 11.4. The summed E-state index contributed by atoms with van der Waals surface area (Å²) in [4.78, 5) is 29.0. The Morgan fingerprint density at radius 2 is 2.19 bits per heavy atom. The summed E-state index contributed by atoms with van der Waals surface area (Å²) in [5.74, 6) is -0.972. The van der Waals surface area contributed by atoms with E-state index in [1.807, 2.05) is 10.8 Å². The van der Waals surface area contributed by atoms with Crippen molar-refractivity contribution in [1.82, 2.24) is 9.55 Å². The first-order valence-corrected chi connectivity index (χ1v) is 6.77. The Bertz CT molecular complexity index is 679. The normalized spacial score (nSPS) is 13.2. The molecule has 1 aromatic heterocycles. The molecule has 1 aliphatic rings. The molecule has 0 spiro atoms. The molecule has 0 aliphatic carbocycles. The highest BCUT2D eigenvalue weighted by Gasteiger charge is 2.25. The molecule has 0 fully saturated rings. The fraction of sp³-hybridized carbons (Fsp3) is 0.267. The summed E-state index contributed by atoms with van der Waals surface area (Å²) in [6, 6.07) is 4.96. The summed E-state index contributed by atoms with van der Waals surface area (Å²) >= 11 is 0. The van der Waals surface area contributed by atoms with Crippen LogP contribution in [0.2, 0.25) is 0 Å². The van der Waals surface area contributed by atoms with Crippen molar-refractivity contribution >= 4 is 17.6 Å². The van der Waals surface area contributed by atoms with Gasteiger partial charge in [0.25, 0.3) is 0 Å². The number of rotatable bonds is 4. The number of aromatic carboxylic acids is 1. The number of carbonyl (C=O) groups is 2. The van der Waals surface area contributed by atoms with Gasteiger partial charge in [0.2, 0.25) is 5.91 Å². The molecule has 0 bridgehead atoms. The number of hydrogen-bond acceptors (Lipinski definition) is 3. The van der Waals surface area contributed by atoms with Crippen molar-refractivity contribution in [2.75, 3.05) is 11.4 Å². The Kier molecular flexibility index (Phi) is 3.43. The van der Waals surface area contributed by atoms with E-state index in [1.54, 1.807) is 35.6 Å². The Hall–Kier alpha value is -2.63. The number of carboxylic acids is 1. The van der Waals surface area contributed by atoms with E-state index in [1.165, 1.54) is 0 Å². The molecule has 21 heavy (non-hydrogen) atoms. The number of amides is 1. The van der Waals surface area contributed by atoms with Gasteiger partial charge < -0.3 is 14.6 Å². The summed E-state index contributed by atoms with van der Waals surface area (Å²) in [5, 5.41) is 9.06. The number of carboxylic acid groups (broad SMARTS) is 1. The van der Waals surface area contributed by atoms with Crippen molar-refractivity contribution in [2.24, 2.45) is 0 Å². The summed E-state index contributed by atoms with van der Waals surface area (Å²) in [6.07, 6.45) is 6.30. The maximum absolute atomic E-state index is 12.3. The Balaban J connectivity index is 1.75. The molecule has 3 rings (SSSR count). The topological polar surface area (TPSA) is 75.4 Å². The lowest BCUT2D eigenvalue weighted by Gasteiger charge is -2.17. The molecule has 6 nitrogen and oxygen atoms in total. The minimum absolute atomic E-state index is 0.00462. The summed E-state index contributed by atoms with van der Waals surface area (Å²) in [5.41, 5.74) is 1.96. The third kappa shape index (κ3) is 2.65. The fourth-order valence-corrected chi connectivity index (χ4v) is 2.55. The van der Waals surface area contributed by atoms with Gasteiger partial charge in [-0.05, 0) is 24.1 Å². The predicted octanol–water partition coefficient (Wildman–Crippen LogP) is 1.56. The molecule has 0 saturated heterocycles. The van der Waals surface area contributed by atoms with E-state index in [0.717, 1.165) is 17.7 Å². The van der Waals surface area contributed by atoms with E-state index in [4.69, 9.17) is 5.11 Å². The van der Waals surface area contributed by atoms with Crippen LogP contribution in [0.15, 0.2) is 36.9 Å². The van der Waals surface area contributed by atoms with Crippen molar-refractivity contribution in [1.29, 1.82) is 0 Å². The van der Waals surface area contributed by atoms with E-state index < -0.39 is 5.97 Å². The minimum Gasteiger partial charge on any atom is -0.478 e. The van der Waals surface area contributed by atoms with E-state index in [9.17, 15) is 9.59 Å². The van der Waals surface area contributed by atoms with Crippen molar-refractivity contribution in [3.05, 3.63) is 48.0 Å². The lowest BCUT2D eigenvalue weighted by atomic mass is 10.1. The molecule has 0 saturated carbocycles. The zero-order chi connectivity index (χ0) is 14.8. The van der Waals surface area contributed by atoms with E-state index in [-0.39, 0.29) is 11.5 Å². The van der Waals surface area contributed by atoms with E-state index >= 15 is 0 Å². The number of imidazole rings is 1. The summed E-state index contributed by atoms with van der Waals surface area (Å²) in [6.45, 7) is 1.18. The van der Waals surface area contributed by atoms with Gasteiger partial charge in [0.1, 0.15) is 0 Å². The van der Waals surface area contributed by atoms with Gasteiger partial charge in [0, 0.05) is 37.6 Å². The number of carbonyl (C=O) groups excluding carboxylic acids is 1. The van der Waals surface area contributed by atoms with Gasteiger partial charge in [-0.3, -0.25) is 4.79 Å². The quantitative estimate of drug-likeness (QED) is 0.925.